The van der Waals surface area contributed by atoms with Gasteiger partial charge in [-0.2, -0.15) is 0 Å². The number of aromatic nitrogens is 2. The summed E-state index contributed by atoms with van der Waals surface area (Å²) in [5.74, 6) is -0.0717. The van der Waals surface area contributed by atoms with Crippen LogP contribution in [0.5, 0.6) is 0 Å². The summed E-state index contributed by atoms with van der Waals surface area (Å²) < 4.78 is 1.72. The lowest BCUT2D eigenvalue weighted by atomic mass is 9.97. The summed E-state index contributed by atoms with van der Waals surface area (Å²) in [5.41, 5.74) is 2.46. The SMILES string of the molecule is CCCN(CCC)C(=O)c1nc(C(=O)NCCC2=CCCCC2)n2ccccc12. The molecule has 2 heterocycles. The maximum atomic E-state index is 13.1. The van der Waals surface area contributed by atoms with Gasteiger partial charge in [-0.15, -0.1) is 0 Å². The zero-order valence-electron chi connectivity index (χ0n) is 17.6. The first-order valence-electron chi connectivity index (χ1n) is 10.9. The van der Waals surface area contributed by atoms with Gasteiger partial charge in [-0.05, 0) is 57.1 Å². The van der Waals surface area contributed by atoms with E-state index in [2.05, 4.69) is 30.2 Å². The molecule has 29 heavy (non-hydrogen) atoms. The number of pyridine rings is 1. The van der Waals surface area contributed by atoms with E-state index >= 15 is 0 Å². The molecule has 0 radical (unpaired) electrons. The van der Waals surface area contributed by atoms with Crippen LogP contribution >= 0.6 is 0 Å². The molecule has 6 nitrogen and oxygen atoms in total. The number of hydrogen-bond acceptors (Lipinski definition) is 3. The highest BCUT2D eigenvalue weighted by atomic mass is 16.2. The number of amides is 2. The van der Waals surface area contributed by atoms with Crippen LogP contribution in [-0.2, 0) is 0 Å². The molecule has 2 amide bonds. The third kappa shape index (κ3) is 5.05. The van der Waals surface area contributed by atoms with Crippen molar-refractivity contribution in [3.8, 4) is 0 Å². The van der Waals surface area contributed by atoms with E-state index in [1.807, 2.05) is 23.1 Å². The van der Waals surface area contributed by atoms with E-state index in [1.54, 1.807) is 10.6 Å². The van der Waals surface area contributed by atoms with E-state index in [4.69, 9.17) is 0 Å². The van der Waals surface area contributed by atoms with Crippen LogP contribution in [0.4, 0.5) is 0 Å². The second-order valence-corrected chi connectivity index (χ2v) is 7.65. The number of carbonyl (C=O) groups excluding carboxylic acids is 2. The quantitative estimate of drug-likeness (QED) is 0.646. The smallest absolute Gasteiger partial charge is 0.287 e. The fraction of sp³-hybridized carbons (Fsp3) is 0.522. The molecule has 0 unspecified atom stereocenters. The molecule has 1 N–H and O–H groups in total. The number of hydrogen-bond donors (Lipinski definition) is 1. The van der Waals surface area contributed by atoms with Gasteiger partial charge in [0.15, 0.2) is 5.69 Å². The molecule has 1 aliphatic carbocycles. The van der Waals surface area contributed by atoms with Gasteiger partial charge in [0, 0.05) is 25.8 Å². The summed E-state index contributed by atoms with van der Waals surface area (Å²) in [7, 11) is 0. The summed E-state index contributed by atoms with van der Waals surface area (Å²) in [6.07, 6.45) is 11.5. The van der Waals surface area contributed by atoms with E-state index in [0.717, 1.165) is 32.1 Å². The summed E-state index contributed by atoms with van der Waals surface area (Å²) in [5, 5.41) is 2.98. The third-order valence-corrected chi connectivity index (χ3v) is 5.35. The molecule has 3 rings (SSSR count). The molecule has 0 saturated carbocycles. The Bertz CT molecular complexity index is 878. The summed E-state index contributed by atoms with van der Waals surface area (Å²) in [6, 6.07) is 5.57. The third-order valence-electron chi connectivity index (χ3n) is 5.35. The van der Waals surface area contributed by atoms with Gasteiger partial charge in [0.1, 0.15) is 0 Å². The summed E-state index contributed by atoms with van der Waals surface area (Å²) in [4.78, 5) is 32.2. The lowest BCUT2D eigenvalue weighted by Gasteiger charge is -2.20. The van der Waals surface area contributed by atoms with Crippen LogP contribution in [0.15, 0.2) is 36.0 Å². The predicted molar refractivity (Wildman–Crippen MR) is 115 cm³/mol. The zero-order chi connectivity index (χ0) is 20.6. The average Bonchev–Trinajstić information content (AvgIpc) is 3.14. The number of nitrogens with zero attached hydrogens (tertiary/aromatic N) is 3. The van der Waals surface area contributed by atoms with Crippen LogP contribution in [0.1, 0.15) is 79.9 Å². The molecule has 0 aliphatic heterocycles. The van der Waals surface area contributed by atoms with Crippen molar-refractivity contribution in [1.29, 1.82) is 0 Å². The van der Waals surface area contributed by atoms with Crippen molar-refractivity contribution >= 4 is 17.3 Å². The molecular formula is C23H32N4O2. The maximum absolute atomic E-state index is 13.1. The van der Waals surface area contributed by atoms with Crippen LogP contribution in [-0.4, -0.2) is 45.7 Å². The van der Waals surface area contributed by atoms with Crippen molar-refractivity contribution < 1.29 is 9.59 Å². The number of rotatable bonds is 9. The molecule has 6 heteroatoms. The fourth-order valence-electron chi connectivity index (χ4n) is 3.91. The largest absolute Gasteiger partial charge is 0.349 e. The minimum absolute atomic E-state index is 0.108. The van der Waals surface area contributed by atoms with Crippen LogP contribution < -0.4 is 5.32 Å². The Kier molecular flexibility index (Phi) is 7.44. The van der Waals surface area contributed by atoms with E-state index < -0.39 is 0 Å². The summed E-state index contributed by atoms with van der Waals surface area (Å²) in [6.45, 7) is 6.08. The number of fused-ring (bicyclic) bond motifs is 1. The highest BCUT2D eigenvalue weighted by Crippen LogP contribution is 2.20. The van der Waals surface area contributed by atoms with Crippen molar-refractivity contribution in [2.24, 2.45) is 0 Å². The number of nitrogens with one attached hydrogen (secondary N) is 1. The van der Waals surface area contributed by atoms with E-state index in [1.165, 1.54) is 18.4 Å². The van der Waals surface area contributed by atoms with Crippen LogP contribution in [0.3, 0.4) is 0 Å². The molecule has 2 aromatic heterocycles. The Morgan fingerprint density at radius 2 is 1.97 bits per heavy atom. The molecule has 0 saturated heterocycles. The standard InChI is InChI=1S/C23H32N4O2/c1-3-15-26(16-4-2)23(29)20-19-12-8-9-17-27(19)21(25-20)22(28)24-14-13-18-10-6-5-7-11-18/h8-10,12,17H,3-7,11,13-16H2,1-2H3,(H,24,28). The zero-order valence-corrected chi connectivity index (χ0v) is 17.6. The van der Waals surface area contributed by atoms with Gasteiger partial charge in [0.05, 0.1) is 5.52 Å². The first-order chi connectivity index (χ1) is 14.2. The lowest BCUT2D eigenvalue weighted by molar-refractivity contribution is 0.0752. The second-order valence-electron chi connectivity index (χ2n) is 7.65. The minimum Gasteiger partial charge on any atom is -0.349 e. The van der Waals surface area contributed by atoms with Gasteiger partial charge in [-0.25, -0.2) is 4.98 Å². The number of allylic oxidation sites excluding steroid dienone is 1. The van der Waals surface area contributed by atoms with Gasteiger partial charge in [0.2, 0.25) is 5.82 Å². The monoisotopic (exact) mass is 396 g/mol. The molecule has 0 atom stereocenters. The van der Waals surface area contributed by atoms with Crippen LogP contribution in [0.2, 0.25) is 0 Å². The Hall–Kier alpha value is -2.63. The van der Waals surface area contributed by atoms with Gasteiger partial charge in [0.25, 0.3) is 11.8 Å². The van der Waals surface area contributed by atoms with Gasteiger partial charge in [-0.3, -0.25) is 14.0 Å². The molecule has 0 bridgehead atoms. The lowest BCUT2D eigenvalue weighted by Crippen LogP contribution is -2.33. The molecule has 0 aromatic carbocycles. The van der Waals surface area contributed by atoms with Gasteiger partial charge in [-0.1, -0.05) is 31.6 Å². The Labute approximate surface area is 173 Å². The highest BCUT2D eigenvalue weighted by Gasteiger charge is 2.24. The van der Waals surface area contributed by atoms with Crippen LogP contribution in [0, 0.1) is 0 Å². The second kappa shape index (κ2) is 10.2. The number of imidazole rings is 1. The number of carbonyl (C=O) groups is 2. The van der Waals surface area contributed by atoms with Crippen molar-refractivity contribution in [3.05, 3.63) is 47.6 Å². The predicted octanol–water partition coefficient (Wildman–Crippen LogP) is 4.22. The molecule has 156 valence electrons. The molecular weight excluding hydrogens is 364 g/mol. The first kappa shape index (κ1) is 21.1. The van der Waals surface area contributed by atoms with E-state index in [-0.39, 0.29) is 17.6 Å². The van der Waals surface area contributed by atoms with Gasteiger partial charge >= 0.3 is 0 Å². The van der Waals surface area contributed by atoms with E-state index in [9.17, 15) is 9.59 Å². The van der Waals surface area contributed by atoms with Crippen molar-refractivity contribution in [2.75, 3.05) is 19.6 Å². The average molecular weight is 397 g/mol. The molecule has 2 aromatic rings. The highest BCUT2D eigenvalue weighted by molar-refractivity contribution is 6.02. The topological polar surface area (TPSA) is 66.7 Å². The van der Waals surface area contributed by atoms with Crippen molar-refractivity contribution in [2.45, 2.75) is 58.8 Å². The van der Waals surface area contributed by atoms with Crippen LogP contribution in [0.25, 0.3) is 5.52 Å². The summed E-state index contributed by atoms with van der Waals surface area (Å²) >= 11 is 0. The normalized spacial score (nSPS) is 13.9. The molecule has 0 fully saturated rings. The van der Waals surface area contributed by atoms with E-state index in [0.29, 0.717) is 30.8 Å². The van der Waals surface area contributed by atoms with Gasteiger partial charge < -0.3 is 10.2 Å². The molecule has 1 aliphatic rings. The fourth-order valence-corrected chi connectivity index (χ4v) is 3.91. The minimum atomic E-state index is -0.237. The Morgan fingerprint density at radius 3 is 2.66 bits per heavy atom. The Morgan fingerprint density at radius 1 is 1.17 bits per heavy atom. The molecule has 0 spiro atoms. The first-order valence-corrected chi connectivity index (χ1v) is 10.9. The van der Waals surface area contributed by atoms with Crippen molar-refractivity contribution in [1.82, 2.24) is 19.6 Å². The Balaban J connectivity index is 1.78. The van der Waals surface area contributed by atoms with Crippen molar-refractivity contribution in [3.63, 3.8) is 0 Å². The maximum Gasteiger partial charge on any atom is 0.287 e.